The summed E-state index contributed by atoms with van der Waals surface area (Å²) in [6, 6.07) is 13.7. The molecule has 0 saturated carbocycles. The Bertz CT molecular complexity index is 684. The minimum absolute atomic E-state index is 0.113. The Hall–Kier alpha value is -2.40. The first-order chi connectivity index (χ1) is 11.6. The number of carbonyl (C=O) groups is 1. The van der Waals surface area contributed by atoms with Gasteiger partial charge in [0.1, 0.15) is 5.84 Å². The van der Waals surface area contributed by atoms with Crippen molar-refractivity contribution in [2.45, 2.75) is 26.7 Å². The fourth-order valence-corrected chi connectivity index (χ4v) is 2.89. The van der Waals surface area contributed by atoms with E-state index in [1.54, 1.807) is 16.2 Å². The molecule has 5 heteroatoms. The number of amidine groups is 1. The Kier molecular flexibility index (Phi) is 6.75. The maximum Gasteiger partial charge on any atom is 0.228 e. The van der Waals surface area contributed by atoms with Gasteiger partial charge in [0.2, 0.25) is 5.91 Å². The zero-order chi connectivity index (χ0) is 17.4. The predicted octanol–water partition coefficient (Wildman–Crippen LogP) is 4.34. The number of para-hydroxylation sites is 1. The van der Waals surface area contributed by atoms with Gasteiger partial charge in [0, 0.05) is 24.2 Å². The first-order valence-electron chi connectivity index (χ1n) is 8.00. The van der Waals surface area contributed by atoms with Gasteiger partial charge in [0.15, 0.2) is 0 Å². The molecule has 0 atom stereocenters. The summed E-state index contributed by atoms with van der Waals surface area (Å²) in [5.74, 6) is 0.812. The summed E-state index contributed by atoms with van der Waals surface area (Å²) in [4.78, 5) is 18.3. The summed E-state index contributed by atoms with van der Waals surface area (Å²) >= 11 is 1.71. The van der Waals surface area contributed by atoms with Gasteiger partial charge in [-0.25, -0.2) is 4.99 Å². The van der Waals surface area contributed by atoms with Crippen LogP contribution in [0.15, 0.2) is 69.5 Å². The number of hydrogen-bond donors (Lipinski definition) is 1. The van der Waals surface area contributed by atoms with Crippen LogP contribution in [0.3, 0.4) is 0 Å². The molecule has 0 spiro atoms. The second-order valence-electron chi connectivity index (χ2n) is 5.36. The summed E-state index contributed by atoms with van der Waals surface area (Å²) in [5, 5.41) is 4.08. The molecule has 24 heavy (non-hydrogen) atoms. The van der Waals surface area contributed by atoms with E-state index in [1.807, 2.05) is 67.1 Å². The third kappa shape index (κ3) is 4.80. The van der Waals surface area contributed by atoms with Crippen molar-refractivity contribution >= 4 is 28.8 Å². The first kappa shape index (κ1) is 17.9. The molecule has 1 aromatic heterocycles. The normalized spacial score (nSPS) is 18.2. The third-order valence-electron chi connectivity index (χ3n) is 3.62. The van der Waals surface area contributed by atoms with Gasteiger partial charge in [0.25, 0.3) is 0 Å². The zero-order valence-corrected chi connectivity index (χ0v) is 14.9. The predicted molar refractivity (Wildman–Crippen MR) is 101 cm³/mol. The zero-order valence-electron chi connectivity index (χ0n) is 14.1. The number of nitrogens with zero attached hydrogens (tertiary/aromatic N) is 2. The fourth-order valence-electron chi connectivity index (χ4n) is 2.44. The lowest BCUT2D eigenvalue weighted by molar-refractivity contribution is -0.127. The molecule has 1 fully saturated rings. The molecule has 0 radical (unpaired) electrons. The Morgan fingerprint density at radius 3 is 2.33 bits per heavy atom. The minimum atomic E-state index is 0.113. The monoisotopic (exact) mass is 341 g/mol. The lowest BCUT2D eigenvalue weighted by atomic mass is 10.0. The average Bonchev–Trinajstić information content (AvgIpc) is 3.15. The standard InChI is InChI=1S/C15H19N3O.C4H4S/c1-3-18-14(19)10-9-13(11(2)16)15(18)17-12-7-5-4-6-8-12;1-2-4-5-3-1/h4-8H,3,9-10,16H2,1-2H3;1-4H/b13-11-,17-15?;. The van der Waals surface area contributed by atoms with Crippen LogP contribution < -0.4 is 5.73 Å². The van der Waals surface area contributed by atoms with Crippen LogP contribution in [-0.4, -0.2) is 23.2 Å². The largest absolute Gasteiger partial charge is 0.402 e. The Labute approximate surface area is 147 Å². The molecule has 0 aliphatic carbocycles. The number of hydrogen-bond acceptors (Lipinski definition) is 4. The Morgan fingerprint density at radius 1 is 1.17 bits per heavy atom. The van der Waals surface area contributed by atoms with Crippen molar-refractivity contribution in [3.05, 3.63) is 64.5 Å². The number of benzene rings is 1. The second kappa shape index (κ2) is 9.03. The number of likely N-dealkylation sites (N-methyl/N-ethyl adjacent to an activating group) is 1. The molecule has 1 aromatic carbocycles. The van der Waals surface area contributed by atoms with E-state index in [2.05, 4.69) is 4.99 Å². The lowest BCUT2D eigenvalue weighted by Crippen LogP contribution is -2.42. The molecule has 126 valence electrons. The van der Waals surface area contributed by atoms with Crippen molar-refractivity contribution < 1.29 is 4.79 Å². The molecule has 0 unspecified atom stereocenters. The van der Waals surface area contributed by atoms with E-state index in [0.717, 1.165) is 17.0 Å². The van der Waals surface area contributed by atoms with Crippen LogP contribution in [0.5, 0.6) is 0 Å². The number of likely N-dealkylation sites (tertiary alicyclic amines) is 1. The van der Waals surface area contributed by atoms with E-state index < -0.39 is 0 Å². The smallest absolute Gasteiger partial charge is 0.228 e. The molecule has 1 aliphatic heterocycles. The molecule has 1 aliphatic rings. The fraction of sp³-hybridized carbons (Fsp3) is 0.263. The van der Waals surface area contributed by atoms with Crippen molar-refractivity contribution in [1.29, 1.82) is 0 Å². The summed E-state index contributed by atoms with van der Waals surface area (Å²) in [6.07, 6.45) is 1.18. The van der Waals surface area contributed by atoms with E-state index in [0.29, 0.717) is 25.2 Å². The highest BCUT2D eigenvalue weighted by molar-refractivity contribution is 7.07. The highest BCUT2D eigenvalue weighted by atomic mass is 32.1. The molecule has 0 bridgehead atoms. The molecule has 4 nitrogen and oxygen atoms in total. The van der Waals surface area contributed by atoms with E-state index in [9.17, 15) is 4.79 Å². The van der Waals surface area contributed by atoms with Crippen molar-refractivity contribution in [3.63, 3.8) is 0 Å². The molecule has 3 rings (SSSR count). The van der Waals surface area contributed by atoms with Gasteiger partial charge >= 0.3 is 0 Å². The van der Waals surface area contributed by atoms with E-state index in [4.69, 9.17) is 5.73 Å². The van der Waals surface area contributed by atoms with Crippen molar-refractivity contribution in [2.24, 2.45) is 10.7 Å². The third-order valence-corrected chi connectivity index (χ3v) is 4.25. The number of allylic oxidation sites excluding steroid dienone is 1. The Balaban J connectivity index is 0.000000355. The lowest BCUT2D eigenvalue weighted by Gasteiger charge is -2.30. The van der Waals surface area contributed by atoms with Gasteiger partial charge in [-0.05, 0) is 43.2 Å². The maximum absolute atomic E-state index is 12.0. The summed E-state index contributed by atoms with van der Waals surface area (Å²) in [7, 11) is 0. The van der Waals surface area contributed by atoms with Gasteiger partial charge in [-0.3, -0.25) is 9.69 Å². The van der Waals surface area contributed by atoms with Crippen LogP contribution in [0.1, 0.15) is 26.7 Å². The SMILES string of the molecule is CCN1C(=O)CC/C(=C(\C)N)C1=Nc1ccccc1.c1ccsc1. The second-order valence-corrected chi connectivity index (χ2v) is 6.18. The highest BCUT2D eigenvalue weighted by Gasteiger charge is 2.27. The van der Waals surface area contributed by atoms with Crippen molar-refractivity contribution in [3.8, 4) is 0 Å². The van der Waals surface area contributed by atoms with Gasteiger partial charge in [-0.15, -0.1) is 0 Å². The molecule has 1 amide bonds. The Morgan fingerprint density at radius 2 is 1.83 bits per heavy atom. The molecular formula is C19H23N3OS. The molecular weight excluding hydrogens is 318 g/mol. The van der Waals surface area contributed by atoms with E-state index >= 15 is 0 Å². The molecule has 2 N–H and O–H groups in total. The number of amides is 1. The topological polar surface area (TPSA) is 58.7 Å². The van der Waals surface area contributed by atoms with E-state index in [-0.39, 0.29) is 5.91 Å². The van der Waals surface area contributed by atoms with Crippen LogP contribution in [0.2, 0.25) is 0 Å². The number of nitrogens with two attached hydrogens (primary N) is 1. The maximum atomic E-state index is 12.0. The van der Waals surface area contributed by atoms with Crippen LogP contribution in [0, 0.1) is 0 Å². The van der Waals surface area contributed by atoms with Crippen molar-refractivity contribution in [1.82, 2.24) is 4.90 Å². The molecule has 2 heterocycles. The van der Waals surface area contributed by atoms with Crippen LogP contribution in [0.25, 0.3) is 0 Å². The molecule has 2 aromatic rings. The van der Waals surface area contributed by atoms with Crippen molar-refractivity contribution in [2.75, 3.05) is 6.54 Å². The average molecular weight is 341 g/mol. The summed E-state index contributed by atoms with van der Waals surface area (Å²) in [6.45, 7) is 4.42. The summed E-state index contributed by atoms with van der Waals surface area (Å²) < 4.78 is 0. The van der Waals surface area contributed by atoms with Gasteiger partial charge in [-0.2, -0.15) is 11.3 Å². The van der Waals surface area contributed by atoms with Gasteiger partial charge in [0.05, 0.1) is 5.69 Å². The van der Waals surface area contributed by atoms with Crippen LogP contribution >= 0.6 is 11.3 Å². The number of thiophene rings is 1. The van der Waals surface area contributed by atoms with Crippen LogP contribution in [0.4, 0.5) is 5.69 Å². The molecule has 1 saturated heterocycles. The number of aliphatic imine (C=N–C) groups is 1. The van der Waals surface area contributed by atoms with Gasteiger partial charge < -0.3 is 5.73 Å². The minimum Gasteiger partial charge on any atom is -0.402 e. The summed E-state index contributed by atoms with van der Waals surface area (Å²) in [5.41, 5.74) is 8.49. The van der Waals surface area contributed by atoms with Gasteiger partial charge in [-0.1, -0.05) is 30.3 Å². The first-order valence-corrected chi connectivity index (χ1v) is 8.94. The highest BCUT2D eigenvalue weighted by Crippen LogP contribution is 2.24. The van der Waals surface area contributed by atoms with Crippen LogP contribution in [-0.2, 0) is 4.79 Å². The number of carbonyl (C=O) groups excluding carboxylic acids is 1. The quantitative estimate of drug-likeness (QED) is 0.883. The van der Waals surface area contributed by atoms with E-state index in [1.165, 1.54) is 0 Å². The number of rotatable bonds is 2. The number of piperidine rings is 1.